The molecule has 1 aliphatic carbocycles. The number of hydrogen-bond donors (Lipinski definition) is 0. The van der Waals surface area contributed by atoms with Crippen molar-refractivity contribution in [2.45, 2.75) is 12.8 Å². The monoisotopic (exact) mass is 271 g/mol. The maximum atomic E-state index is 6.15. The minimum absolute atomic E-state index is 0.686. The molecule has 1 aromatic rings. The number of nitrogens with zero attached hydrogens (tertiary/aromatic N) is 1. The summed E-state index contributed by atoms with van der Waals surface area (Å²) in [7, 11) is 0. The predicted molar refractivity (Wildman–Crippen MR) is 63.0 cm³/mol. The van der Waals surface area contributed by atoms with Crippen LogP contribution in [0.1, 0.15) is 12.8 Å². The highest BCUT2D eigenvalue weighted by Gasteiger charge is 2.52. The van der Waals surface area contributed by atoms with Crippen LogP contribution in [0, 0.1) is 5.41 Å². The molecule has 74 valence electrons. The molecule has 1 spiro atoms. The smallest absolute Gasteiger partial charge is 0.0640 e. The number of halogens is 2. The Morgan fingerprint density at radius 3 is 2.64 bits per heavy atom. The third-order valence-corrected chi connectivity index (χ3v) is 4.07. The Labute approximate surface area is 97.2 Å². The Balaban J connectivity index is 1.85. The van der Waals surface area contributed by atoms with Gasteiger partial charge in [0.2, 0.25) is 0 Å². The number of anilines is 1. The molecule has 2 aliphatic rings. The highest BCUT2D eigenvalue weighted by molar-refractivity contribution is 9.10. The number of hydrogen-bond acceptors (Lipinski definition) is 1. The maximum Gasteiger partial charge on any atom is 0.0640 e. The molecule has 3 heteroatoms. The standard InChI is InChI=1S/C11H11BrClN/c12-8-1-2-9(13)10(5-8)14-6-11(7-14)3-4-11/h1-2,5H,3-4,6-7H2. The zero-order valence-corrected chi connectivity index (χ0v) is 10.1. The summed E-state index contributed by atoms with van der Waals surface area (Å²) in [4.78, 5) is 2.38. The molecule has 1 saturated carbocycles. The van der Waals surface area contributed by atoms with E-state index in [-0.39, 0.29) is 0 Å². The van der Waals surface area contributed by atoms with E-state index < -0.39 is 0 Å². The molecule has 0 bridgehead atoms. The fourth-order valence-electron chi connectivity index (χ4n) is 2.15. The van der Waals surface area contributed by atoms with Gasteiger partial charge in [-0.1, -0.05) is 27.5 Å². The van der Waals surface area contributed by atoms with Gasteiger partial charge in [-0.2, -0.15) is 0 Å². The van der Waals surface area contributed by atoms with Crippen LogP contribution in [0.5, 0.6) is 0 Å². The molecule has 2 fully saturated rings. The molecular weight excluding hydrogens is 261 g/mol. The molecule has 3 rings (SSSR count). The molecule has 0 N–H and O–H groups in total. The van der Waals surface area contributed by atoms with E-state index in [1.165, 1.54) is 31.6 Å². The van der Waals surface area contributed by atoms with Gasteiger partial charge in [0.25, 0.3) is 0 Å². The van der Waals surface area contributed by atoms with Crippen LogP contribution >= 0.6 is 27.5 Å². The van der Waals surface area contributed by atoms with Crippen LogP contribution in [-0.4, -0.2) is 13.1 Å². The van der Waals surface area contributed by atoms with Crippen LogP contribution in [0.3, 0.4) is 0 Å². The van der Waals surface area contributed by atoms with E-state index in [2.05, 4.69) is 26.9 Å². The first-order valence-electron chi connectivity index (χ1n) is 4.89. The first kappa shape index (κ1) is 9.05. The van der Waals surface area contributed by atoms with Crippen molar-refractivity contribution in [2.75, 3.05) is 18.0 Å². The maximum absolute atomic E-state index is 6.15. The van der Waals surface area contributed by atoms with Gasteiger partial charge in [-0.3, -0.25) is 0 Å². The number of benzene rings is 1. The topological polar surface area (TPSA) is 3.24 Å². The van der Waals surface area contributed by atoms with Crippen LogP contribution in [0.2, 0.25) is 5.02 Å². The quantitative estimate of drug-likeness (QED) is 0.753. The summed E-state index contributed by atoms with van der Waals surface area (Å²) >= 11 is 9.63. The predicted octanol–water partition coefficient (Wildman–Crippen LogP) is 3.70. The van der Waals surface area contributed by atoms with Crippen molar-refractivity contribution < 1.29 is 0 Å². The molecule has 14 heavy (non-hydrogen) atoms. The lowest BCUT2D eigenvalue weighted by molar-refractivity contribution is 0.387. The summed E-state index contributed by atoms with van der Waals surface area (Å²) in [6.45, 7) is 2.40. The molecule has 1 heterocycles. The van der Waals surface area contributed by atoms with Crippen molar-refractivity contribution in [1.82, 2.24) is 0 Å². The Morgan fingerprint density at radius 2 is 2.00 bits per heavy atom. The van der Waals surface area contributed by atoms with E-state index in [9.17, 15) is 0 Å². The van der Waals surface area contributed by atoms with Crippen molar-refractivity contribution in [1.29, 1.82) is 0 Å². The molecule has 0 aromatic heterocycles. The summed E-state index contributed by atoms with van der Waals surface area (Å²) in [5.74, 6) is 0. The fourth-order valence-corrected chi connectivity index (χ4v) is 2.74. The van der Waals surface area contributed by atoms with Crippen molar-refractivity contribution >= 4 is 33.2 Å². The van der Waals surface area contributed by atoms with Gasteiger partial charge in [-0.25, -0.2) is 0 Å². The van der Waals surface area contributed by atoms with E-state index in [0.29, 0.717) is 5.41 Å². The Hall–Kier alpha value is -0.210. The van der Waals surface area contributed by atoms with Gasteiger partial charge < -0.3 is 4.90 Å². The second kappa shape index (κ2) is 2.89. The van der Waals surface area contributed by atoms with E-state index >= 15 is 0 Å². The number of rotatable bonds is 1. The second-order valence-electron chi connectivity index (χ2n) is 4.45. The van der Waals surface area contributed by atoms with E-state index in [4.69, 9.17) is 11.6 Å². The van der Waals surface area contributed by atoms with Gasteiger partial charge >= 0.3 is 0 Å². The third-order valence-electron chi connectivity index (χ3n) is 3.26. The summed E-state index contributed by atoms with van der Waals surface area (Å²) in [5.41, 5.74) is 1.87. The molecule has 1 aliphatic heterocycles. The van der Waals surface area contributed by atoms with Crippen molar-refractivity contribution in [2.24, 2.45) is 5.41 Å². The summed E-state index contributed by atoms with van der Waals surface area (Å²) in [5, 5.41) is 0.865. The lowest BCUT2D eigenvalue weighted by Gasteiger charge is -2.42. The first-order valence-corrected chi connectivity index (χ1v) is 6.06. The Bertz CT molecular complexity index is 379. The minimum Gasteiger partial charge on any atom is -0.369 e. The van der Waals surface area contributed by atoms with Crippen LogP contribution in [0.15, 0.2) is 22.7 Å². The third kappa shape index (κ3) is 1.36. The second-order valence-corrected chi connectivity index (χ2v) is 5.77. The largest absolute Gasteiger partial charge is 0.369 e. The summed E-state index contributed by atoms with van der Waals surface area (Å²) < 4.78 is 1.11. The van der Waals surface area contributed by atoms with Crippen molar-refractivity contribution in [3.8, 4) is 0 Å². The zero-order chi connectivity index (χ0) is 9.76. The van der Waals surface area contributed by atoms with Gasteiger partial charge in [0.05, 0.1) is 10.7 Å². The van der Waals surface area contributed by atoms with Crippen LogP contribution in [-0.2, 0) is 0 Å². The molecular formula is C11H11BrClN. The molecule has 0 atom stereocenters. The summed E-state index contributed by atoms with van der Waals surface area (Å²) in [6, 6.07) is 6.05. The van der Waals surface area contributed by atoms with E-state index in [1.807, 2.05) is 12.1 Å². The normalized spacial score (nSPS) is 22.3. The van der Waals surface area contributed by atoms with Crippen molar-refractivity contribution in [3.05, 3.63) is 27.7 Å². The molecule has 0 amide bonds. The molecule has 0 unspecified atom stereocenters. The lowest BCUT2D eigenvalue weighted by atomic mass is 9.96. The van der Waals surface area contributed by atoms with Crippen molar-refractivity contribution in [3.63, 3.8) is 0 Å². The van der Waals surface area contributed by atoms with Crippen LogP contribution in [0.4, 0.5) is 5.69 Å². The average molecular weight is 273 g/mol. The van der Waals surface area contributed by atoms with Gasteiger partial charge in [0.1, 0.15) is 0 Å². The fraction of sp³-hybridized carbons (Fsp3) is 0.455. The highest BCUT2D eigenvalue weighted by Crippen LogP contribution is 2.54. The lowest BCUT2D eigenvalue weighted by Crippen LogP contribution is -2.48. The Morgan fingerprint density at radius 1 is 1.29 bits per heavy atom. The SMILES string of the molecule is Clc1ccc(Br)cc1N1CC2(CC2)C1. The molecule has 1 aromatic carbocycles. The Kier molecular flexibility index (Phi) is 1.87. The van der Waals surface area contributed by atoms with Gasteiger partial charge in [-0.15, -0.1) is 0 Å². The minimum atomic E-state index is 0.686. The molecule has 1 nitrogen and oxygen atoms in total. The first-order chi connectivity index (χ1) is 6.69. The van der Waals surface area contributed by atoms with Gasteiger partial charge in [0.15, 0.2) is 0 Å². The van der Waals surface area contributed by atoms with E-state index in [0.717, 1.165) is 9.50 Å². The van der Waals surface area contributed by atoms with E-state index in [1.54, 1.807) is 0 Å². The summed E-state index contributed by atoms with van der Waals surface area (Å²) in [6.07, 6.45) is 2.82. The highest BCUT2D eigenvalue weighted by atomic mass is 79.9. The van der Waals surface area contributed by atoms with Gasteiger partial charge in [0, 0.05) is 23.0 Å². The molecule has 0 radical (unpaired) electrons. The zero-order valence-electron chi connectivity index (χ0n) is 7.76. The van der Waals surface area contributed by atoms with Crippen LogP contribution in [0.25, 0.3) is 0 Å². The molecule has 1 saturated heterocycles. The average Bonchev–Trinajstić information content (AvgIpc) is 2.86. The van der Waals surface area contributed by atoms with Gasteiger partial charge in [-0.05, 0) is 31.0 Å². The van der Waals surface area contributed by atoms with Crippen LogP contribution < -0.4 is 4.90 Å².